The number of hydrogen-bond donors (Lipinski definition) is 1. The number of amides is 1. The molecule has 6 nitrogen and oxygen atoms in total. The van der Waals surface area contributed by atoms with E-state index in [1.807, 2.05) is 6.07 Å². The van der Waals surface area contributed by atoms with Gasteiger partial charge in [-0.25, -0.2) is 15.0 Å². The van der Waals surface area contributed by atoms with Gasteiger partial charge in [-0.05, 0) is 48.3 Å². The van der Waals surface area contributed by atoms with Crippen molar-refractivity contribution in [1.29, 1.82) is 0 Å². The molecule has 0 atom stereocenters. The average molecular weight is 354 g/mol. The molecule has 0 fully saturated rings. The van der Waals surface area contributed by atoms with Crippen molar-refractivity contribution in [2.75, 3.05) is 12.4 Å². The van der Waals surface area contributed by atoms with Crippen LogP contribution in [0.15, 0.2) is 18.5 Å². The summed E-state index contributed by atoms with van der Waals surface area (Å²) in [6, 6.07) is 1.91. The largest absolute Gasteiger partial charge is 0.480 e. The summed E-state index contributed by atoms with van der Waals surface area (Å²) in [5.74, 6) is 0.333. The van der Waals surface area contributed by atoms with E-state index < -0.39 is 0 Å². The topological polar surface area (TPSA) is 77.0 Å². The van der Waals surface area contributed by atoms with Gasteiger partial charge in [0, 0.05) is 18.1 Å². The minimum absolute atomic E-state index is 0.0350. The van der Waals surface area contributed by atoms with Gasteiger partial charge in [0.1, 0.15) is 5.56 Å². The van der Waals surface area contributed by atoms with Crippen LogP contribution in [0.5, 0.6) is 5.88 Å². The molecule has 0 saturated carbocycles. The van der Waals surface area contributed by atoms with Gasteiger partial charge in [0.05, 0.1) is 7.11 Å². The van der Waals surface area contributed by atoms with E-state index in [9.17, 15) is 4.79 Å². The lowest BCUT2D eigenvalue weighted by molar-refractivity contribution is 0.102. The summed E-state index contributed by atoms with van der Waals surface area (Å²) in [6.07, 6.45) is 8.81. The van der Waals surface area contributed by atoms with Crippen molar-refractivity contribution in [3.63, 3.8) is 0 Å². The molecule has 2 aromatic rings. The van der Waals surface area contributed by atoms with E-state index in [0.717, 1.165) is 42.5 Å². The van der Waals surface area contributed by atoms with E-state index >= 15 is 0 Å². The number of anilines is 1. The summed E-state index contributed by atoms with van der Waals surface area (Å²) in [5, 5.41) is 2.75. The number of methoxy groups -OCH3 is 1. The van der Waals surface area contributed by atoms with E-state index in [1.165, 1.54) is 13.5 Å². The Morgan fingerprint density at radius 3 is 2.46 bits per heavy atom. The van der Waals surface area contributed by atoms with Crippen molar-refractivity contribution in [3.05, 3.63) is 40.8 Å². The summed E-state index contributed by atoms with van der Waals surface area (Å²) in [5.41, 5.74) is 3.59. The van der Waals surface area contributed by atoms with Crippen LogP contribution in [0, 0.1) is 0 Å². The predicted molar refractivity (Wildman–Crippen MR) is 101 cm³/mol. The molecular weight excluding hydrogens is 328 g/mol. The molecule has 1 amide bonds. The van der Waals surface area contributed by atoms with Gasteiger partial charge in [0.25, 0.3) is 5.91 Å². The lowest BCUT2D eigenvalue weighted by atomic mass is 9.89. The second-order valence-electron chi connectivity index (χ2n) is 7.71. The molecule has 0 bridgehead atoms. The Balaban J connectivity index is 1.84. The SMILES string of the molecule is COc1nc2c(cc1C(=O)Nc1ncc(C(C)(C)C)cn1)CCCCC2. The minimum Gasteiger partial charge on any atom is -0.480 e. The fourth-order valence-corrected chi connectivity index (χ4v) is 3.06. The van der Waals surface area contributed by atoms with Gasteiger partial charge in [-0.15, -0.1) is 0 Å². The number of fused-ring (bicyclic) bond motifs is 1. The lowest BCUT2D eigenvalue weighted by Crippen LogP contribution is -2.18. The molecule has 2 heterocycles. The van der Waals surface area contributed by atoms with Crippen molar-refractivity contribution < 1.29 is 9.53 Å². The average Bonchev–Trinajstić information content (AvgIpc) is 2.84. The Kier molecular flexibility index (Phi) is 5.20. The molecule has 3 rings (SSSR count). The number of nitrogens with one attached hydrogen (secondary N) is 1. The zero-order valence-electron chi connectivity index (χ0n) is 15.9. The number of aryl methyl sites for hydroxylation is 2. The molecule has 0 radical (unpaired) electrons. The monoisotopic (exact) mass is 354 g/mol. The number of carbonyl (C=O) groups is 1. The zero-order chi connectivity index (χ0) is 18.7. The Morgan fingerprint density at radius 1 is 1.12 bits per heavy atom. The smallest absolute Gasteiger partial charge is 0.263 e. The molecule has 0 spiro atoms. The molecule has 138 valence electrons. The number of ether oxygens (including phenoxy) is 1. The maximum absolute atomic E-state index is 12.7. The highest BCUT2D eigenvalue weighted by Gasteiger charge is 2.20. The van der Waals surface area contributed by atoms with E-state index in [1.54, 1.807) is 12.4 Å². The molecule has 1 aliphatic rings. The molecule has 1 aliphatic carbocycles. The Labute approximate surface area is 154 Å². The summed E-state index contributed by atoms with van der Waals surface area (Å²) in [4.78, 5) is 25.8. The highest BCUT2D eigenvalue weighted by atomic mass is 16.5. The summed E-state index contributed by atoms with van der Waals surface area (Å²) >= 11 is 0. The minimum atomic E-state index is -0.301. The molecule has 0 saturated heterocycles. The van der Waals surface area contributed by atoms with Crippen molar-refractivity contribution in [2.24, 2.45) is 0 Å². The molecule has 2 aromatic heterocycles. The van der Waals surface area contributed by atoms with E-state index in [2.05, 4.69) is 41.0 Å². The normalized spacial score (nSPS) is 14.3. The van der Waals surface area contributed by atoms with Crippen LogP contribution in [0.2, 0.25) is 0 Å². The van der Waals surface area contributed by atoms with Crippen LogP contribution in [-0.2, 0) is 18.3 Å². The molecule has 0 aliphatic heterocycles. The molecule has 26 heavy (non-hydrogen) atoms. The number of aromatic nitrogens is 3. The number of hydrogen-bond acceptors (Lipinski definition) is 5. The standard InChI is InChI=1S/C20H26N4O2/c1-20(2,3)14-11-21-19(22-12-14)24-17(25)15-10-13-8-6-5-7-9-16(13)23-18(15)26-4/h10-12H,5-9H2,1-4H3,(H,21,22,24,25). The maximum atomic E-state index is 12.7. The van der Waals surface area contributed by atoms with Crippen LogP contribution in [0.3, 0.4) is 0 Å². The number of pyridine rings is 1. The van der Waals surface area contributed by atoms with Crippen molar-refractivity contribution in [1.82, 2.24) is 15.0 Å². The predicted octanol–water partition coefficient (Wildman–Crippen LogP) is 3.70. The van der Waals surface area contributed by atoms with E-state index in [4.69, 9.17) is 4.74 Å². The molecular formula is C20H26N4O2. The molecule has 1 N–H and O–H groups in total. The van der Waals surface area contributed by atoms with Gasteiger partial charge in [-0.2, -0.15) is 0 Å². The van der Waals surface area contributed by atoms with Crippen LogP contribution < -0.4 is 10.1 Å². The van der Waals surface area contributed by atoms with E-state index in [-0.39, 0.29) is 17.3 Å². The van der Waals surface area contributed by atoms with Gasteiger partial charge in [0.15, 0.2) is 0 Å². The number of rotatable bonds is 3. The third-order valence-electron chi connectivity index (χ3n) is 4.70. The van der Waals surface area contributed by atoms with Crippen molar-refractivity contribution in [3.8, 4) is 5.88 Å². The van der Waals surface area contributed by atoms with Crippen molar-refractivity contribution in [2.45, 2.75) is 58.3 Å². The maximum Gasteiger partial charge on any atom is 0.263 e. The first kappa shape index (κ1) is 18.3. The van der Waals surface area contributed by atoms with Gasteiger partial charge >= 0.3 is 0 Å². The van der Waals surface area contributed by atoms with E-state index in [0.29, 0.717) is 11.4 Å². The summed E-state index contributed by atoms with van der Waals surface area (Å²) < 4.78 is 5.36. The van der Waals surface area contributed by atoms with Crippen LogP contribution in [0.1, 0.15) is 67.2 Å². The third-order valence-corrected chi connectivity index (χ3v) is 4.70. The molecule has 6 heteroatoms. The van der Waals surface area contributed by atoms with Crippen LogP contribution in [0.25, 0.3) is 0 Å². The second-order valence-corrected chi connectivity index (χ2v) is 7.71. The fraction of sp³-hybridized carbons (Fsp3) is 0.500. The number of nitrogens with zero attached hydrogens (tertiary/aromatic N) is 3. The second kappa shape index (κ2) is 7.40. The van der Waals surface area contributed by atoms with Crippen LogP contribution in [0.4, 0.5) is 5.95 Å². The first-order chi connectivity index (χ1) is 12.4. The van der Waals surface area contributed by atoms with Gasteiger partial charge in [-0.1, -0.05) is 27.2 Å². The Morgan fingerprint density at radius 2 is 1.81 bits per heavy atom. The highest BCUT2D eigenvalue weighted by Crippen LogP contribution is 2.26. The van der Waals surface area contributed by atoms with Crippen LogP contribution >= 0.6 is 0 Å². The quantitative estimate of drug-likeness (QED) is 0.851. The molecule has 0 unspecified atom stereocenters. The summed E-state index contributed by atoms with van der Waals surface area (Å²) in [6.45, 7) is 6.28. The zero-order valence-corrected chi connectivity index (χ0v) is 15.9. The van der Waals surface area contributed by atoms with Crippen molar-refractivity contribution >= 4 is 11.9 Å². The number of carbonyl (C=O) groups excluding carboxylic acids is 1. The van der Waals surface area contributed by atoms with Gasteiger partial charge < -0.3 is 4.74 Å². The molecule has 0 aromatic carbocycles. The first-order valence-corrected chi connectivity index (χ1v) is 9.09. The fourth-order valence-electron chi connectivity index (χ4n) is 3.06. The van der Waals surface area contributed by atoms with Crippen LogP contribution in [-0.4, -0.2) is 28.0 Å². The lowest BCUT2D eigenvalue weighted by Gasteiger charge is -2.18. The third kappa shape index (κ3) is 4.00. The Bertz CT molecular complexity index is 795. The highest BCUT2D eigenvalue weighted by molar-refractivity contribution is 6.05. The first-order valence-electron chi connectivity index (χ1n) is 9.09. The van der Waals surface area contributed by atoms with Gasteiger partial charge in [0.2, 0.25) is 11.8 Å². The summed E-state index contributed by atoms with van der Waals surface area (Å²) in [7, 11) is 1.54. The Hall–Kier alpha value is -2.50. The van der Waals surface area contributed by atoms with Gasteiger partial charge in [-0.3, -0.25) is 10.1 Å².